The van der Waals surface area contributed by atoms with E-state index in [1.807, 2.05) is 40.7 Å². The van der Waals surface area contributed by atoms with Crippen LogP contribution in [0.3, 0.4) is 0 Å². The minimum Gasteiger partial charge on any atom is -0.465 e. The summed E-state index contributed by atoms with van der Waals surface area (Å²) in [6.45, 7) is 12.2. The number of cyclic esters (lactones) is 1. The van der Waals surface area contributed by atoms with E-state index in [0.29, 0.717) is 25.0 Å². The lowest BCUT2D eigenvalue weighted by Gasteiger charge is -2.32. The quantitative estimate of drug-likeness (QED) is 0.282. The number of hydrogen-bond acceptors (Lipinski definition) is 6. The zero-order valence-electron chi connectivity index (χ0n) is 20.7. The predicted molar refractivity (Wildman–Crippen MR) is 130 cm³/mol. The second kappa shape index (κ2) is 8.82. The van der Waals surface area contributed by atoms with Gasteiger partial charge < -0.3 is 14.0 Å². The zero-order chi connectivity index (χ0) is 24.8. The van der Waals surface area contributed by atoms with Gasteiger partial charge in [0.2, 0.25) is 0 Å². The highest BCUT2D eigenvalue weighted by Gasteiger charge is 2.52. The average Bonchev–Trinajstić information content (AvgIpc) is 2.98. The third-order valence-electron chi connectivity index (χ3n) is 7.56. The number of ether oxygens (including phenoxy) is 1. The van der Waals surface area contributed by atoms with Crippen LogP contribution in [0, 0.1) is 29.9 Å². The maximum atomic E-state index is 12.5. The summed E-state index contributed by atoms with van der Waals surface area (Å²) in [5, 5.41) is 11.3. The Bertz CT molecular complexity index is 1110. The van der Waals surface area contributed by atoms with E-state index in [-0.39, 0.29) is 28.4 Å². The number of rotatable bonds is 5. The van der Waals surface area contributed by atoms with Crippen LogP contribution in [0.4, 0.5) is 5.69 Å². The molecule has 0 saturated carbocycles. The van der Waals surface area contributed by atoms with Crippen molar-refractivity contribution in [3.05, 3.63) is 68.8 Å². The fraction of sp³-hybridized carbons (Fsp3) is 0.500. The van der Waals surface area contributed by atoms with Crippen LogP contribution in [0.25, 0.3) is 0 Å². The van der Waals surface area contributed by atoms with Gasteiger partial charge in [0.05, 0.1) is 28.7 Å². The van der Waals surface area contributed by atoms with Gasteiger partial charge in [0.25, 0.3) is 5.69 Å². The Labute approximate surface area is 201 Å². The SMILES string of the molecule is Cc1ccc([C@H]2COC(=O)C(Cc3ccc(C)c([N+](=O)[O-])c3)C2)cc1B1OC(C)(C)C(C)(C)O1. The maximum Gasteiger partial charge on any atom is 0.495 e. The lowest BCUT2D eigenvalue weighted by atomic mass is 9.73. The van der Waals surface area contributed by atoms with Crippen LogP contribution in [-0.4, -0.2) is 35.8 Å². The van der Waals surface area contributed by atoms with Gasteiger partial charge in [-0.25, -0.2) is 0 Å². The van der Waals surface area contributed by atoms with E-state index in [4.69, 9.17) is 14.0 Å². The summed E-state index contributed by atoms with van der Waals surface area (Å²) in [7, 11) is -0.458. The van der Waals surface area contributed by atoms with Crippen LogP contribution >= 0.6 is 0 Å². The van der Waals surface area contributed by atoms with Gasteiger partial charge in [-0.05, 0) is 71.0 Å². The van der Waals surface area contributed by atoms with Gasteiger partial charge in [-0.15, -0.1) is 0 Å². The maximum absolute atomic E-state index is 12.5. The van der Waals surface area contributed by atoms with Crippen molar-refractivity contribution in [3.8, 4) is 0 Å². The van der Waals surface area contributed by atoms with Crippen molar-refractivity contribution < 1.29 is 23.8 Å². The van der Waals surface area contributed by atoms with E-state index in [0.717, 1.165) is 22.2 Å². The van der Waals surface area contributed by atoms with Gasteiger partial charge in [-0.3, -0.25) is 14.9 Å². The van der Waals surface area contributed by atoms with Crippen molar-refractivity contribution in [2.75, 3.05) is 6.61 Å². The van der Waals surface area contributed by atoms with Crippen molar-refractivity contribution in [1.82, 2.24) is 0 Å². The van der Waals surface area contributed by atoms with E-state index in [2.05, 4.69) is 18.2 Å². The molecule has 0 radical (unpaired) electrons. The summed E-state index contributed by atoms with van der Waals surface area (Å²) < 4.78 is 18.1. The first-order chi connectivity index (χ1) is 15.9. The average molecular weight is 465 g/mol. The highest BCUT2D eigenvalue weighted by molar-refractivity contribution is 6.62. The Hall–Kier alpha value is -2.71. The van der Waals surface area contributed by atoms with E-state index < -0.39 is 18.3 Å². The molecule has 2 aromatic rings. The second-order valence-corrected chi connectivity index (χ2v) is 10.5. The number of benzene rings is 2. The molecule has 2 heterocycles. The molecule has 0 amide bonds. The molecule has 0 aromatic heterocycles. The van der Waals surface area contributed by atoms with Gasteiger partial charge in [-0.1, -0.05) is 35.9 Å². The van der Waals surface area contributed by atoms with E-state index in [1.54, 1.807) is 19.1 Å². The molecule has 8 heteroatoms. The number of nitrogens with zero attached hydrogens (tertiary/aromatic N) is 1. The van der Waals surface area contributed by atoms with Crippen LogP contribution in [0.2, 0.25) is 0 Å². The highest BCUT2D eigenvalue weighted by atomic mass is 16.7. The third-order valence-corrected chi connectivity index (χ3v) is 7.56. The number of carbonyl (C=O) groups is 1. The molecule has 0 spiro atoms. The molecule has 2 atom stereocenters. The number of hydrogen-bond donors (Lipinski definition) is 0. The number of nitro benzene ring substituents is 1. The zero-order valence-corrected chi connectivity index (χ0v) is 20.7. The van der Waals surface area contributed by atoms with Crippen molar-refractivity contribution in [3.63, 3.8) is 0 Å². The van der Waals surface area contributed by atoms with Crippen LogP contribution in [0.1, 0.15) is 62.3 Å². The molecule has 2 aliphatic rings. The fourth-order valence-electron chi connectivity index (χ4n) is 4.61. The molecule has 7 nitrogen and oxygen atoms in total. The normalized spacial score (nSPS) is 23.6. The summed E-state index contributed by atoms with van der Waals surface area (Å²) in [6.07, 6.45) is 1.03. The van der Waals surface area contributed by atoms with Crippen molar-refractivity contribution in [2.24, 2.45) is 5.92 Å². The number of nitro groups is 1. The molecule has 34 heavy (non-hydrogen) atoms. The first-order valence-corrected chi connectivity index (χ1v) is 11.7. The van der Waals surface area contributed by atoms with Crippen LogP contribution in [0.15, 0.2) is 36.4 Å². The standard InChI is InChI=1S/C26H32BNO6/c1-16-8-10-19(14-22(16)27-33-25(3,4)26(5,6)34-27)21-13-20(24(29)32-15-21)11-18-9-7-17(2)23(12-18)28(30)31/h7-10,12,14,20-21H,11,13,15H2,1-6H3/t20?,21-/m1/s1. The van der Waals surface area contributed by atoms with Crippen LogP contribution in [0.5, 0.6) is 0 Å². The number of esters is 1. The molecular formula is C26H32BNO6. The molecule has 2 fully saturated rings. The molecule has 0 aliphatic carbocycles. The monoisotopic (exact) mass is 465 g/mol. The Morgan fingerprint density at radius 1 is 1.03 bits per heavy atom. The third kappa shape index (κ3) is 4.61. The molecule has 2 aromatic carbocycles. The van der Waals surface area contributed by atoms with Crippen molar-refractivity contribution in [1.29, 1.82) is 0 Å². The largest absolute Gasteiger partial charge is 0.495 e. The van der Waals surface area contributed by atoms with Gasteiger partial charge in [-0.2, -0.15) is 0 Å². The summed E-state index contributed by atoms with van der Waals surface area (Å²) >= 11 is 0. The lowest BCUT2D eigenvalue weighted by molar-refractivity contribution is -0.385. The topological polar surface area (TPSA) is 87.9 Å². The first-order valence-electron chi connectivity index (χ1n) is 11.7. The summed E-state index contributed by atoms with van der Waals surface area (Å²) in [4.78, 5) is 23.5. The van der Waals surface area contributed by atoms with E-state index in [1.165, 1.54) is 0 Å². The lowest BCUT2D eigenvalue weighted by Crippen LogP contribution is -2.41. The number of aryl methyl sites for hydroxylation is 2. The minimum atomic E-state index is -0.458. The first kappa shape index (κ1) is 24.4. The van der Waals surface area contributed by atoms with Gasteiger partial charge >= 0.3 is 13.1 Å². The Morgan fingerprint density at radius 3 is 2.32 bits per heavy atom. The van der Waals surface area contributed by atoms with E-state index >= 15 is 0 Å². The van der Waals surface area contributed by atoms with Gasteiger partial charge in [0.15, 0.2) is 0 Å². The molecule has 2 saturated heterocycles. The molecular weight excluding hydrogens is 433 g/mol. The van der Waals surface area contributed by atoms with Crippen molar-refractivity contribution >= 4 is 24.2 Å². The van der Waals surface area contributed by atoms with Gasteiger partial charge in [0.1, 0.15) is 0 Å². The summed E-state index contributed by atoms with van der Waals surface area (Å²) in [6, 6.07) is 11.4. The predicted octanol–water partition coefficient (Wildman–Crippen LogP) is 4.40. The second-order valence-electron chi connectivity index (χ2n) is 10.5. The Morgan fingerprint density at radius 2 is 1.68 bits per heavy atom. The number of carbonyl (C=O) groups excluding carboxylic acids is 1. The smallest absolute Gasteiger partial charge is 0.465 e. The molecule has 1 unspecified atom stereocenters. The summed E-state index contributed by atoms with van der Waals surface area (Å²) in [5.74, 6) is -0.578. The van der Waals surface area contributed by atoms with Crippen molar-refractivity contribution in [2.45, 2.75) is 71.5 Å². The van der Waals surface area contributed by atoms with E-state index in [9.17, 15) is 14.9 Å². The minimum absolute atomic E-state index is 0.0323. The molecule has 2 aliphatic heterocycles. The van der Waals surface area contributed by atoms with Gasteiger partial charge in [0, 0.05) is 17.5 Å². The Balaban J connectivity index is 1.54. The molecule has 4 rings (SSSR count). The Kier molecular flexibility index (Phi) is 6.33. The summed E-state index contributed by atoms with van der Waals surface area (Å²) in [5.41, 5.74) is 3.73. The van der Waals surface area contributed by atoms with Crippen LogP contribution in [-0.2, 0) is 25.3 Å². The molecule has 180 valence electrons. The highest BCUT2D eigenvalue weighted by Crippen LogP contribution is 2.37. The fourth-order valence-corrected chi connectivity index (χ4v) is 4.61. The molecule has 0 bridgehead atoms. The molecule has 0 N–H and O–H groups in total. The van der Waals surface area contributed by atoms with Crippen LogP contribution < -0.4 is 5.46 Å².